The maximum Gasteiger partial charge on any atom is 0.107 e. The topological polar surface area (TPSA) is 18.5 Å². The fraction of sp³-hybridized carbons (Fsp3) is 0.778. The highest BCUT2D eigenvalue weighted by Crippen LogP contribution is 1.77. The van der Waals surface area contributed by atoms with Gasteiger partial charge in [0.25, 0.3) is 0 Å². The molecule has 11 heavy (non-hydrogen) atoms. The van der Waals surface area contributed by atoms with Crippen LogP contribution in [0, 0.1) is 11.8 Å². The zero-order valence-corrected chi connectivity index (χ0v) is 7.35. The molecule has 0 aromatic carbocycles. The van der Waals surface area contributed by atoms with Crippen molar-refractivity contribution >= 4 is 0 Å². The predicted molar refractivity (Wildman–Crippen MR) is 45.4 cm³/mol. The van der Waals surface area contributed by atoms with Gasteiger partial charge in [-0.25, -0.2) is 0 Å². The van der Waals surface area contributed by atoms with E-state index < -0.39 is 0 Å². The van der Waals surface area contributed by atoms with E-state index in [9.17, 15) is 0 Å². The average Bonchev–Trinajstić information content (AvgIpc) is 2.03. The SMILES string of the molecule is CCCOCC#CCOCC. The molecule has 64 valence electrons. The molecule has 0 fully saturated rings. The molecule has 0 aliphatic heterocycles. The average molecular weight is 156 g/mol. The Hall–Kier alpha value is -0.520. The number of hydrogen-bond acceptors (Lipinski definition) is 2. The molecule has 0 aliphatic rings. The molecule has 0 amide bonds. The zero-order valence-electron chi connectivity index (χ0n) is 7.35. The molecule has 0 aromatic rings. The summed E-state index contributed by atoms with van der Waals surface area (Å²) in [4.78, 5) is 0. The van der Waals surface area contributed by atoms with Gasteiger partial charge in [0.15, 0.2) is 0 Å². The largest absolute Gasteiger partial charge is 0.369 e. The molecular weight excluding hydrogens is 140 g/mol. The summed E-state index contributed by atoms with van der Waals surface area (Å²) in [5.74, 6) is 5.71. The Morgan fingerprint density at radius 3 is 2.18 bits per heavy atom. The van der Waals surface area contributed by atoms with Crippen molar-refractivity contribution in [3.8, 4) is 11.8 Å². The standard InChI is InChI=1S/C9H16O2/c1-3-7-11-9-6-5-8-10-4-2/h3-4,7-9H2,1-2H3. The van der Waals surface area contributed by atoms with Crippen molar-refractivity contribution in [3.05, 3.63) is 0 Å². The molecule has 0 aromatic heterocycles. The van der Waals surface area contributed by atoms with Gasteiger partial charge in [-0.05, 0) is 13.3 Å². The zero-order chi connectivity index (χ0) is 8.36. The Balaban J connectivity index is 2.99. The highest BCUT2D eigenvalue weighted by Gasteiger charge is 1.78. The highest BCUT2D eigenvalue weighted by atomic mass is 16.5. The summed E-state index contributed by atoms with van der Waals surface area (Å²) in [6, 6.07) is 0. The Morgan fingerprint density at radius 2 is 1.64 bits per heavy atom. The van der Waals surface area contributed by atoms with Crippen molar-refractivity contribution in [2.75, 3.05) is 26.4 Å². The third-order valence-corrected chi connectivity index (χ3v) is 1.03. The monoisotopic (exact) mass is 156 g/mol. The molecule has 2 nitrogen and oxygen atoms in total. The van der Waals surface area contributed by atoms with E-state index in [1.54, 1.807) is 0 Å². The van der Waals surface area contributed by atoms with Crippen LogP contribution in [0.1, 0.15) is 20.3 Å². The summed E-state index contributed by atoms with van der Waals surface area (Å²) in [5.41, 5.74) is 0. The third-order valence-electron chi connectivity index (χ3n) is 1.03. The van der Waals surface area contributed by atoms with Crippen LogP contribution in [0.15, 0.2) is 0 Å². The van der Waals surface area contributed by atoms with Crippen molar-refractivity contribution in [1.29, 1.82) is 0 Å². The Labute approximate surface area is 68.9 Å². The summed E-state index contributed by atoms with van der Waals surface area (Å²) in [5, 5.41) is 0. The maximum absolute atomic E-state index is 5.13. The van der Waals surface area contributed by atoms with Crippen LogP contribution in [0.2, 0.25) is 0 Å². The molecule has 0 aliphatic carbocycles. The maximum atomic E-state index is 5.13. The molecule has 0 heterocycles. The smallest absolute Gasteiger partial charge is 0.107 e. The first-order valence-electron chi connectivity index (χ1n) is 4.03. The van der Waals surface area contributed by atoms with Gasteiger partial charge in [0, 0.05) is 13.2 Å². The van der Waals surface area contributed by atoms with Crippen molar-refractivity contribution in [1.82, 2.24) is 0 Å². The Morgan fingerprint density at radius 1 is 1.00 bits per heavy atom. The van der Waals surface area contributed by atoms with Gasteiger partial charge in [0.1, 0.15) is 13.2 Å². The summed E-state index contributed by atoms with van der Waals surface area (Å²) >= 11 is 0. The summed E-state index contributed by atoms with van der Waals surface area (Å²) < 4.78 is 10.1. The molecule has 0 radical (unpaired) electrons. The van der Waals surface area contributed by atoms with E-state index in [4.69, 9.17) is 9.47 Å². The van der Waals surface area contributed by atoms with Crippen LogP contribution in [0.5, 0.6) is 0 Å². The van der Waals surface area contributed by atoms with Gasteiger partial charge < -0.3 is 9.47 Å². The van der Waals surface area contributed by atoms with Crippen molar-refractivity contribution in [3.63, 3.8) is 0 Å². The summed E-state index contributed by atoms with van der Waals surface area (Å²) in [6.07, 6.45) is 1.05. The quantitative estimate of drug-likeness (QED) is 0.443. The van der Waals surface area contributed by atoms with E-state index in [2.05, 4.69) is 18.8 Å². The first kappa shape index (κ1) is 10.5. The minimum absolute atomic E-state index is 0.520. The summed E-state index contributed by atoms with van der Waals surface area (Å²) in [6.45, 7) is 6.60. The van der Waals surface area contributed by atoms with Gasteiger partial charge >= 0.3 is 0 Å². The normalized spacial score (nSPS) is 8.91. The molecule has 0 spiro atoms. The Kier molecular flexibility index (Phi) is 9.03. The van der Waals surface area contributed by atoms with E-state index in [1.807, 2.05) is 6.92 Å². The molecule has 0 atom stereocenters. The Bertz CT molecular complexity index is 121. The van der Waals surface area contributed by atoms with Crippen molar-refractivity contribution < 1.29 is 9.47 Å². The molecular formula is C9H16O2. The van der Waals surface area contributed by atoms with Gasteiger partial charge in [0.05, 0.1) is 0 Å². The van der Waals surface area contributed by atoms with Crippen molar-refractivity contribution in [2.24, 2.45) is 0 Å². The first-order valence-corrected chi connectivity index (χ1v) is 4.03. The van der Waals surface area contributed by atoms with Crippen LogP contribution in [0.4, 0.5) is 0 Å². The minimum Gasteiger partial charge on any atom is -0.369 e. The fourth-order valence-electron chi connectivity index (χ4n) is 0.523. The lowest BCUT2D eigenvalue weighted by atomic mass is 10.5. The van der Waals surface area contributed by atoms with Crippen LogP contribution >= 0.6 is 0 Å². The van der Waals surface area contributed by atoms with E-state index in [0.717, 1.165) is 19.6 Å². The molecule has 0 bridgehead atoms. The van der Waals surface area contributed by atoms with Gasteiger partial charge in [-0.1, -0.05) is 18.8 Å². The van der Waals surface area contributed by atoms with Gasteiger partial charge in [-0.2, -0.15) is 0 Å². The molecule has 0 saturated heterocycles. The van der Waals surface area contributed by atoms with E-state index in [-0.39, 0.29) is 0 Å². The van der Waals surface area contributed by atoms with E-state index in [1.165, 1.54) is 0 Å². The molecule has 0 unspecified atom stereocenters. The van der Waals surface area contributed by atoms with E-state index in [0.29, 0.717) is 13.2 Å². The second-order valence-electron chi connectivity index (χ2n) is 2.04. The molecule has 2 heteroatoms. The van der Waals surface area contributed by atoms with E-state index >= 15 is 0 Å². The van der Waals surface area contributed by atoms with Gasteiger partial charge in [-0.3, -0.25) is 0 Å². The van der Waals surface area contributed by atoms with Crippen LogP contribution in [-0.4, -0.2) is 26.4 Å². The second-order valence-corrected chi connectivity index (χ2v) is 2.04. The van der Waals surface area contributed by atoms with Crippen LogP contribution in [0.3, 0.4) is 0 Å². The lowest BCUT2D eigenvalue weighted by molar-refractivity contribution is 0.166. The molecule has 0 rings (SSSR count). The second kappa shape index (κ2) is 9.48. The minimum atomic E-state index is 0.520. The lowest BCUT2D eigenvalue weighted by Crippen LogP contribution is -1.93. The van der Waals surface area contributed by atoms with Gasteiger partial charge in [-0.15, -0.1) is 0 Å². The summed E-state index contributed by atoms with van der Waals surface area (Å²) in [7, 11) is 0. The number of rotatable bonds is 5. The van der Waals surface area contributed by atoms with Crippen molar-refractivity contribution in [2.45, 2.75) is 20.3 Å². The number of hydrogen-bond donors (Lipinski definition) is 0. The van der Waals surface area contributed by atoms with Gasteiger partial charge in [0.2, 0.25) is 0 Å². The van der Waals surface area contributed by atoms with Crippen LogP contribution in [-0.2, 0) is 9.47 Å². The van der Waals surface area contributed by atoms with Crippen LogP contribution in [0.25, 0.3) is 0 Å². The third kappa shape index (κ3) is 9.48. The highest BCUT2D eigenvalue weighted by molar-refractivity contribution is 4.99. The fourth-order valence-corrected chi connectivity index (χ4v) is 0.523. The lowest BCUT2D eigenvalue weighted by Gasteiger charge is -1.93. The predicted octanol–water partition coefficient (Wildman–Crippen LogP) is 1.45. The molecule has 0 saturated carbocycles. The number of ether oxygens (including phenoxy) is 2. The van der Waals surface area contributed by atoms with Crippen LogP contribution < -0.4 is 0 Å². The first-order chi connectivity index (χ1) is 5.41. The molecule has 0 N–H and O–H groups in total.